The second kappa shape index (κ2) is 6.02. The zero-order chi connectivity index (χ0) is 11.2. The molecule has 0 aliphatic heterocycles. The number of nitrogens with zero attached hydrogens (tertiary/aromatic N) is 1. The molecule has 1 N–H and O–H groups in total. The van der Waals surface area contributed by atoms with Crippen molar-refractivity contribution >= 4 is 5.97 Å². The molecule has 0 aliphatic carbocycles. The zero-order valence-corrected chi connectivity index (χ0v) is 9.84. The average molecular weight is 201 g/mol. The van der Waals surface area contributed by atoms with Crippen molar-refractivity contribution in [2.45, 2.75) is 52.0 Å². The summed E-state index contributed by atoms with van der Waals surface area (Å²) in [4.78, 5) is 13.3. The van der Waals surface area contributed by atoms with Crippen LogP contribution < -0.4 is 0 Å². The molecule has 0 bridgehead atoms. The lowest BCUT2D eigenvalue weighted by Crippen LogP contribution is -2.52. The van der Waals surface area contributed by atoms with E-state index in [1.807, 2.05) is 32.7 Å². The van der Waals surface area contributed by atoms with Gasteiger partial charge in [0.25, 0.3) is 0 Å². The van der Waals surface area contributed by atoms with Gasteiger partial charge < -0.3 is 5.11 Å². The van der Waals surface area contributed by atoms with E-state index in [9.17, 15) is 9.90 Å². The summed E-state index contributed by atoms with van der Waals surface area (Å²) in [5, 5.41) is 9.35. The summed E-state index contributed by atoms with van der Waals surface area (Å²) in [5.41, 5.74) is -0.641. The summed E-state index contributed by atoms with van der Waals surface area (Å²) < 4.78 is 0. The van der Waals surface area contributed by atoms with Gasteiger partial charge in [0.15, 0.2) is 0 Å². The van der Waals surface area contributed by atoms with Crippen molar-refractivity contribution in [1.29, 1.82) is 0 Å². The lowest BCUT2D eigenvalue weighted by molar-refractivity contribution is -0.152. The van der Waals surface area contributed by atoms with Crippen LogP contribution in [-0.2, 0) is 4.79 Å². The van der Waals surface area contributed by atoms with Gasteiger partial charge in [0.1, 0.15) is 5.54 Å². The molecular formula is C11H23NO2. The van der Waals surface area contributed by atoms with Crippen molar-refractivity contribution in [3.8, 4) is 0 Å². The summed E-state index contributed by atoms with van der Waals surface area (Å²) in [6.07, 6.45) is 3.30. The van der Waals surface area contributed by atoms with E-state index in [1.54, 1.807) is 0 Å². The van der Waals surface area contributed by atoms with E-state index in [4.69, 9.17) is 0 Å². The van der Waals surface area contributed by atoms with Crippen molar-refractivity contribution in [2.24, 2.45) is 0 Å². The fourth-order valence-electron chi connectivity index (χ4n) is 2.01. The third kappa shape index (κ3) is 2.71. The van der Waals surface area contributed by atoms with Crippen molar-refractivity contribution in [3.05, 3.63) is 0 Å². The molecule has 0 aromatic heterocycles. The standard InChI is InChI=1S/C11H23NO2/c1-5-8-11(9-6-2,10(13)14)12(4)7-3/h5-9H2,1-4H3,(H,13,14). The normalized spacial score (nSPS) is 12.1. The Labute approximate surface area is 87.1 Å². The molecule has 0 aliphatic rings. The highest BCUT2D eigenvalue weighted by molar-refractivity contribution is 5.78. The van der Waals surface area contributed by atoms with Gasteiger partial charge in [-0.3, -0.25) is 9.69 Å². The average Bonchev–Trinajstić information content (AvgIpc) is 2.15. The number of likely N-dealkylation sites (N-methyl/N-ethyl adjacent to an activating group) is 1. The molecule has 0 fully saturated rings. The second-order valence-electron chi connectivity index (χ2n) is 3.85. The minimum atomic E-state index is -0.675. The van der Waals surface area contributed by atoms with Gasteiger partial charge in [-0.1, -0.05) is 33.6 Å². The van der Waals surface area contributed by atoms with Gasteiger partial charge in [0.2, 0.25) is 0 Å². The van der Waals surface area contributed by atoms with E-state index in [0.717, 1.165) is 32.2 Å². The number of hydrogen-bond donors (Lipinski definition) is 1. The summed E-state index contributed by atoms with van der Waals surface area (Å²) in [7, 11) is 1.90. The fraction of sp³-hybridized carbons (Fsp3) is 0.909. The molecule has 0 spiro atoms. The van der Waals surface area contributed by atoms with Gasteiger partial charge in [-0.05, 0) is 26.4 Å². The largest absolute Gasteiger partial charge is 0.480 e. The molecule has 0 saturated heterocycles. The predicted molar refractivity (Wildman–Crippen MR) is 58.5 cm³/mol. The van der Waals surface area contributed by atoms with E-state index in [1.165, 1.54) is 0 Å². The Balaban J connectivity index is 4.82. The molecule has 0 heterocycles. The Kier molecular flexibility index (Phi) is 5.77. The van der Waals surface area contributed by atoms with Crippen molar-refractivity contribution in [2.75, 3.05) is 13.6 Å². The van der Waals surface area contributed by atoms with E-state index in [-0.39, 0.29) is 0 Å². The van der Waals surface area contributed by atoms with Crippen LogP contribution in [0.25, 0.3) is 0 Å². The lowest BCUT2D eigenvalue weighted by Gasteiger charge is -2.37. The van der Waals surface area contributed by atoms with Crippen LogP contribution in [0.4, 0.5) is 0 Å². The Morgan fingerprint density at radius 1 is 1.21 bits per heavy atom. The third-order valence-corrected chi connectivity index (χ3v) is 2.93. The van der Waals surface area contributed by atoms with Gasteiger partial charge in [-0.2, -0.15) is 0 Å². The molecule has 84 valence electrons. The zero-order valence-electron chi connectivity index (χ0n) is 9.84. The molecule has 0 radical (unpaired) electrons. The third-order valence-electron chi connectivity index (χ3n) is 2.93. The Bertz CT molecular complexity index is 174. The first-order valence-electron chi connectivity index (χ1n) is 5.49. The van der Waals surface area contributed by atoms with Crippen LogP contribution in [0, 0.1) is 0 Å². The minimum absolute atomic E-state index is 0.641. The summed E-state index contributed by atoms with van der Waals surface area (Å²) >= 11 is 0. The van der Waals surface area contributed by atoms with E-state index >= 15 is 0 Å². The maximum Gasteiger partial charge on any atom is 0.324 e. The fourth-order valence-corrected chi connectivity index (χ4v) is 2.01. The quantitative estimate of drug-likeness (QED) is 0.687. The first kappa shape index (κ1) is 13.4. The SMILES string of the molecule is CCCC(CCC)(C(=O)O)N(C)CC. The van der Waals surface area contributed by atoms with Crippen LogP contribution in [-0.4, -0.2) is 35.1 Å². The van der Waals surface area contributed by atoms with Crippen LogP contribution >= 0.6 is 0 Å². The van der Waals surface area contributed by atoms with Crippen molar-refractivity contribution in [1.82, 2.24) is 4.90 Å². The van der Waals surface area contributed by atoms with Crippen LogP contribution in [0.3, 0.4) is 0 Å². The van der Waals surface area contributed by atoms with Gasteiger partial charge >= 0.3 is 5.97 Å². The highest BCUT2D eigenvalue weighted by atomic mass is 16.4. The number of aliphatic carboxylic acids is 1. The van der Waals surface area contributed by atoms with Crippen molar-refractivity contribution < 1.29 is 9.90 Å². The monoisotopic (exact) mass is 201 g/mol. The summed E-state index contributed by atoms with van der Waals surface area (Å²) in [6, 6.07) is 0. The number of carbonyl (C=O) groups is 1. The van der Waals surface area contributed by atoms with Crippen LogP contribution in [0.1, 0.15) is 46.5 Å². The predicted octanol–water partition coefficient (Wildman–Crippen LogP) is 2.36. The molecule has 3 nitrogen and oxygen atoms in total. The second-order valence-corrected chi connectivity index (χ2v) is 3.85. The molecule has 0 atom stereocenters. The number of carboxylic acids is 1. The highest BCUT2D eigenvalue weighted by Crippen LogP contribution is 2.26. The molecular weight excluding hydrogens is 178 g/mol. The number of carboxylic acid groups (broad SMARTS) is 1. The maximum atomic E-state index is 11.4. The minimum Gasteiger partial charge on any atom is -0.480 e. The molecule has 0 aromatic carbocycles. The van der Waals surface area contributed by atoms with Crippen LogP contribution in [0.5, 0.6) is 0 Å². The lowest BCUT2D eigenvalue weighted by atomic mass is 9.87. The molecule has 0 aromatic rings. The Morgan fingerprint density at radius 3 is 1.86 bits per heavy atom. The summed E-state index contributed by atoms with van der Waals surface area (Å²) in [6.45, 7) is 6.86. The number of hydrogen-bond acceptors (Lipinski definition) is 2. The first-order valence-corrected chi connectivity index (χ1v) is 5.49. The smallest absolute Gasteiger partial charge is 0.324 e. The molecule has 0 unspecified atom stereocenters. The number of rotatable bonds is 7. The summed E-state index contributed by atoms with van der Waals surface area (Å²) in [5.74, 6) is -0.675. The molecule has 0 amide bonds. The van der Waals surface area contributed by atoms with Crippen LogP contribution in [0.2, 0.25) is 0 Å². The topological polar surface area (TPSA) is 40.5 Å². The van der Waals surface area contributed by atoms with E-state index in [2.05, 4.69) is 0 Å². The Morgan fingerprint density at radius 2 is 1.64 bits per heavy atom. The maximum absolute atomic E-state index is 11.4. The Hall–Kier alpha value is -0.570. The molecule has 3 heteroatoms. The van der Waals surface area contributed by atoms with E-state index < -0.39 is 11.5 Å². The first-order chi connectivity index (χ1) is 6.55. The van der Waals surface area contributed by atoms with E-state index in [0.29, 0.717) is 0 Å². The van der Waals surface area contributed by atoms with Gasteiger partial charge in [0.05, 0.1) is 0 Å². The van der Waals surface area contributed by atoms with Gasteiger partial charge in [-0.15, -0.1) is 0 Å². The van der Waals surface area contributed by atoms with Gasteiger partial charge in [0, 0.05) is 0 Å². The van der Waals surface area contributed by atoms with Gasteiger partial charge in [-0.25, -0.2) is 0 Å². The molecule has 14 heavy (non-hydrogen) atoms. The van der Waals surface area contributed by atoms with Crippen molar-refractivity contribution in [3.63, 3.8) is 0 Å². The molecule has 0 saturated carbocycles. The highest BCUT2D eigenvalue weighted by Gasteiger charge is 2.39. The molecule has 0 rings (SSSR count). The van der Waals surface area contributed by atoms with Crippen LogP contribution in [0.15, 0.2) is 0 Å².